The Labute approximate surface area is 109 Å². The Morgan fingerprint density at radius 1 is 1.24 bits per heavy atom. The minimum atomic E-state index is 0.441. The van der Waals surface area contributed by atoms with Crippen molar-refractivity contribution in [3.8, 4) is 0 Å². The fraction of sp³-hybridized carbons (Fsp3) is 0.786. The van der Waals surface area contributed by atoms with Gasteiger partial charge in [-0.25, -0.2) is 4.98 Å². The van der Waals surface area contributed by atoms with E-state index < -0.39 is 0 Å². The maximum Gasteiger partial charge on any atom is 0.0900 e. The summed E-state index contributed by atoms with van der Waals surface area (Å²) < 4.78 is 0. The normalized spacial score (nSPS) is 20.7. The van der Waals surface area contributed by atoms with Gasteiger partial charge in [-0.1, -0.05) is 12.8 Å². The van der Waals surface area contributed by atoms with Crippen LogP contribution in [0.25, 0.3) is 0 Å². The molecule has 1 saturated carbocycles. The van der Waals surface area contributed by atoms with Gasteiger partial charge in [-0.2, -0.15) is 0 Å². The lowest BCUT2D eigenvalue weighted by atomic mass is 9.99. The molecule has 3 heteroatoms. The Morgan fingerprint density at radius 3 is 2.41 bits per heavy atom. The summed E-state index contributed by atoms with van der Waals surface area (Å²) >= 11 is 1.83. The van der Waals surface area contributed by atoms with E-state index in [9.17, 15) is 0 Å². The fourth-order valence-electron chi connectivity index (χ4n) is 3.01. The van der Waals surface area contributed by atoms with Crippen molar-refractivity contribution < 1.29 is 0 Å². The first-order valence-electron chi connectivity index (χ1n) is 6.78. The van der Waals surface area contributed by atoms with Crippen LogP contribution >= 0.6 is 11.3 Å². The average Bonchev–Trinajstić information content (AvgIpc) is 2.87. The molecule has 0 aromatic carbocycles. The summed E-state index contributed by atoms with van der Waals surface area (Å²) in [5, 5.41) is 4.94. The largest absolute Gasteiger partial charge is 0.307 e. The number of hydrogen-bond donors (Lipinski definition) is 1. The molecule has 1 aliphatic carbocycles. The molecule has 2 nitrogen and oxygen atoms in total. The quantitative estimate of drug-likeness (QED) is 0.876. The minimum absolute atomic E-state index is 0.441. The molecule has 1 aliphatic rings. The highest BCUT2D eigenvalue weighted by atomic mass is 32.1. The molecule has 1 N–H and O–H groups in total. The van der Waals surface area contributed by atoms with Crippen molar-refractivity contribution in [2.24, 2.45) is 5.92 Å². The molecule has 96 valence electrons. The molecule has 1 aromatic rings. The summed E-state index contributed by atoms with van der Waals surface area (Å²) in [6.45, 7) is 8.83. The van der Waals surface area contributed by atoms with E-state index in [-0.39, 0.29) is 0 Å². The molecule has 2 rings (SSSR count). The van der Waals surface area contributed by atoms with Crippen molar-refractivity contribution >= 4 is 11.3 Å². The van der Waals surface area contributed by atoms with E-state index >= 15 is 0 Å². The Bertz CT molecular complexity index is 366. The van der Waals surface area contributed by atoms with Gasteiger partial charge in [0.1, 0.15) is 0 Å². The number of thiazole rings is 1. The Morgan fingerprint density at radius 2 is 1.88 bits per heavy atom. The van der Waals surface area contributed by atoms with Crippen LogP contribution < -0.4 is 5.32 Å². The zero-order valence-corrected chi connectivity index (χ0v) is 12.2. The lowest BCUT2D eigenvalue weighted by Gasteiger charge is -2.24. The van der Waals surface area contributed by atoms with Crippen LogP contribution in [0.2, 0.25) is 0 Å². The molecule has 0 spiro atoms. The molecule has 0 aliphatic heterocycles. The van der Waals surface area contributed by atoms with Crippen LogP contribution in [0, 0.1) is 19.8 Å². The second-order valence-corrected chi connectivity index (χ2v) is 6.64. The predicted molar refractivity (Wildman–Crippen MR) is 74.6 cm³/mol. The van der Waals surface area contributed by atoms with Crippen LogP contribution in [0.5, 0.6) is 0 Å². The first-order chi connectivity index (χ1) is 8.08. The first-order valence-corrected chi connectivity index (χ1v) is 7.59. The van der Waals surface area contributed by atoms with Gasteiger partial charge in [0.2, 0.25) is 0 Å². The zero-order chi connectivity index (χ0) is 12.4. The number of aryl methyl sites for hydroxylation is 2. The molecule has 0 bridgehead atoms. The summed E-state index contributed by atoms with van der Waals surface area (Å²) in [5.74, 6) is 0.881. The summed E-state index contributed by atoms with van der Waals surface area (Å²) in [6.07, 6.45) is 5.65. The first kappa shape index (κ1) is 13.0. The van der Waals surface area contributed by atoms with E-state index in [1.165, 1.54) is 41.3 Å². The maximum atomic E-state index is 4.52. The highest BCUT2D eigenvalue weighted by Gasteiger charge is 2.23. The molecule has 2 atom stereocenters. The number of hydrogen-bond acceptors (Lipinski definition) is 3. The minimum Gasteiger partial charge on any atom is -0.307 e. The smallest absolute Gasteiger partial charge is 0.0900 e. The average molecular weight is 252 g/mol. The van der Waals surface area contributed by atoms with Gasteiger partial charge in [-0.3, -0.25) is 0 Å². The van der Waals surface area contributed by atoms with Crippen LogP contribution in [0.3, 0.4) is 0 Å². The van der Waals surface area contributed by atoms with Gasteiger partial charge in [0, 0.05) is 17.0 Å². The predicted octanol–water partition coefficient (Wildman–Crippen LogP) is 3.99. The van der Waals surface area contributed by atoms with Gasteiger partial charge in [0.25, 0.3) is 0 Å². The molecular weight excluding hydrogens is 228 g/mol. The summed E-state index contributed by atoms with van der Waals surface area (Å²) in [6, 6.07) is 1.08. The van der Waals surface area contributed by atoms with Crippen molar-refractivity contribution in [3.05, 3.63) is 15.6 Å². The van der Waals surface area contributed by atoms with Crippen LogP contribution in [-0.2, 0) is 0 Å². The van der Waals surface area contributed by atoms with E-state index in [2.05, 4.69) is 38.0 Å². The summed E-state index contributed by atoms with van der Waals surface area (Å²) in [4.78, 5) is 5.93. The molecule has 17 heavy (non-hydrogen) atoms. The van der Waals surface area contributed by atoms with E-state index in [4.69, 9.17) is 0 Å². The third kappa shape index (κ3) is 3.08. The van der Waals surface area contributed by atoms with E-state index in [1.807, 2.05) is 11.3 Å². The Balaban J connectivity index is 1.96. The highest BCUT2D eigenvalue weighted by Crippen LogP contribution is 2.30. The molecule has 1 heterocycles. The standard InChI is InChI=1S/C14H24N2S/c1-9(13-7-5-6-8-13)15-10(2)14-11(3)16-12(4)17-14/h9-10,13,15H,5-8H2,1-4H3/t9-,10?/m1/s1. The number of nitrogens with zero attached hydrogens (tertiary/aromatic N) is 1. The van der Waals surface area contributed by atoms with Gasteiger partial charge >= 0.3 is 0 Å². The van der Waals surface area contributed by atoms with Crippen LogP contribution in [0.1, 0.15) is 61.2 Å². The summed E-state index contributed by atoms with van der Waals surface area (Å²) in [7, 11) is 0. The Hall–Kier alpha value is -0.410. The highest BCUT2D eigenvalue weighted by molar-refractivity contribution is 7.11. The van der Waals surface area contributed by atoms with Crippen molar-refractivity contribution in [1.82, 2.24) is 10.3 Å². The number of rotatable bonds is 4. The van der Waals surface area contributed by atoms with Crippen molar-refractivity contribution in [1.29, 1.82) is 0 Å². The van der Waals surface area contributed by atoms with Gasteiger partial charge in [-0.05, 0) is 46.5 Å². The fourth-order valence-corrected chi connectivity index (χ4v) is 3.95. The molecule has 0 radical (unpaired) electrons. The monoisotopic (exact) mass is 252 g/mol. The van der Waals surface area contributed by atoms with Gasteiger partial charge in [-0.15, -0.1) is 11.3 Å². The third-order valence-corrected chi connectivity index (χ3v) is 5.21. The molecule has 0 amide bonds. The number of nitrogens with one attached hydrogen (secondary N) is 1. The third-order valence-electron chi connectivity index (χ3n) is 3.95. The second-order valence-electron chi connectivity index (χ2n) is 5.40. The second kappa shape index (κ2) is 5.49. The molecule has 0 saturated heterocycles. The van der Waals surface area contributed by atoms with Gasteiger partial charge < -0.3 is 5.32 Å². The molecule has 1 unspecified atom stereocenters. The van der Waals surface area contributed by atoms with Crippen molar-refractivity contribution in [2.45, 2.75) is 65.5 Å². The topological polar surface area (TPSA) is 24.9 Å². The Kier molecular flexibility index (Phi) is 4.21. The van der Waals surface area contributed by atoms with Crippen molar-refractivity contribution in [2.75, 3.05) is 0 Å². The SMILES string of the molecule is Cc1nc(C)c(C(C)N[C@H](C)C2CCCC2)s1. The van der Waals surface area contributed by atoms with Crippen LogP contribution in [0.4, 0.5) is 0 Å². The van der Waals surface area contributed by atoms with Crippen LogP contribution in [-0.4, -0.2) is 11.0 Å². The van der Waals surface area contributed by atoms with E-state index in [0.717, 1.165) is 5.92 Å². The van der Waals surface area contributed by atoms with E-state index in [1.54, 1.807) is 0 Å². The summed E-state index contributed by atoms with van der Waals surface area (Å²) in [5.41, 5.74) is 1.20. The van der Waals surface area contributed by atoms with Gasteiger partial charge in [0.05, 0.1) is 10.7 Å². The van der Waals surface area contributed by atoms with Gasteiger partial charge in [0.15, 0.2) is 0 Å². The number of aromatic nitrogens is 1. The zero-order valence-electron chi connectivity index (χ0n) is 11.4. The van der Waals surface area contributed by atoms with E-state index in [0.29, 0.717) is 12.1 Å². The van der Waals surface area contributed by atoms with Crippen LogP contribution in [0.15, 0.2) is 0 Å². The molecule has 1 fully saturated rings. The molecule has 1 aromatic heterocycles. The lowest BCUT2D eigenvalue weighted by molar-refractivity contribution is 0.354. The lowest BCUT2D eigenvalue weighted by Crippen LogP contribution is -2.34. The van der Waals surface area contributed by atoms with Crippen molar-refractivity contribution in [3.63, 3.8) is 0 Å². The maximum absolute atomic E-state index is 4.52. The molecular formula is C14H24N2S.